The first-order valence-electron chi connectivity index (χ1n) is 10.8. The monoisotopic (exact) mass is 498 g/mol. The molecule has 4 rings (SSSR count). The minimum Gasteiger partial charge on any atom is -0.507 e. The first-order chi connectivity index (χ1) is 16.2. The van der Waals surface area contributed by atoms with Crippen molar-refractivity contribution in [1.29, 1.82) is 0 Å². The minimum absolute atomic E-state index is 0.00495. The number of anilines is 1. The van der Waals surface area contributed by atoms with Gasteiger partial charge in [-0.15, -0.1) is 0 Å². The molecule has 6 nitrogen and oxygen atoms in total. The lowest BCUT2D eigenvalue weighted by atomic mass is 9.93. The third-order valence-corrected chi connectivity index (χ3v) is 6.61. The van der Waals surface area contributed by atoms with Gasteiger partial charge in [0.1, 0.15) is 11.5 Å². The largest absolute Gasteiger partial charge is 0.507 e. The number of amides is 2. The lowest BCUT2D eigenvalue weighted by molar-refractivity contribution is 0.0785. The molecular weight excluding hydrogens is 475 g/mol. The summed E-state index contributed by atoms with van der Waals surface area (Å²) in [6.07, 6.45) is 1.41. The molecule has 0 fully saturated rings. The van der Waals surface area contributed by atoms with Crippen LogP contribution in [0.2, 0.25) is 10.0 Å². The van der Waals surface area contributed by atoms with Crippen molar-refractivity contribution in [2.75, 3.05) is 11.9 Å². The van der Waals surface area contributed by atoms with Gasteiger partial charge in [0.15, 0.2) is 0 Å². The zero-order valence-corrected chi connectivity index (χ0v) is 20.3. The first-order valence-corrected chi connectivity index (χ1v) is 11.6. The van der Waals surface area contributed by atoms with Crippen molar-refractivity contribution in [3.8, 4) is 11.5 Å². The Labute approximate surface area is 207 Å². The quantitative estimate of drug-likeness (QED) is 0.486. The minimum atomic E-state index is -0.424. The topological polar surface area (TPSA) is 81.1 Å². The third kappa shape index (κ3) is 4.69. The summed E-state index contributed by atoms with van der Waals surface area (Å²) in [5, 5.41) is 20.6. The van der Waals surface area contributed by atoms with Crippen LogP contribution in [0.3, 0.4) is 0 Å². The molecule has 0 saturated heterocycles. The summed E-state index contributed by atoms with van der Waals surface area (Å²) >= 11 is 11.9. The summed E-state index contributed by atoms with van der Waals surface area (Å²) in [5.41, 5.74) is 3.07. The molecule has 2 amide bonds. The highest BCUT2D eigenvalue weighted by molar-refractivity contribution is 6.32. The van der Waals surface area contributed by atoms with Gasteiger partial charge in [-0.25, -0.2) is 0 Å². The first kappa shape index (κ1) is 23.9. The predicted molar refractivity (Wildman–Crippen MR) is 133 cm³/mol. The van der Waals surface area contributed by atoms with E-state index in [2.05, 4.69) is 0 Å². The number of halogens is 2. The van der Waals surface area contributed by atoms with Crippen molar-refractivity contribution in [2.24, 2.45) is 0 Å². The second kappa shape index (κ2) is 9.57. The lowest BCUT2D eigenvalue weighted by Crippen LogP contribution is -2.42. The normalized spacial score (nSPS) is 15.1. The highest BCUT2D eigenvalue weighted by Gasteiger charge is 2.31. The Bertz CT molecular complexity index is 1260. The molecule has 3 aromatic carbocycles. The van der Waals surface area contributed by atoms with Crippen molar-refractivity contribution in [3.63, 3.8) is 0 Å². The highest BCUT2D eigenvalue weighted by atomic mass is 35.5. The van der Waals surface area contributed by atoms with E-state index in [-0.39, 0.29) is 34.0 Å². The molecule has 0 spiro atoms. The number of hydrogen-bond donors (Lipinski definition) is 2. The summed E-state index contributed by atoms with van der Waals surface area (Å²) < 4.78 is 0. The van der Waals surface area contributed by atoms with Crippen molar-refractivity contribution in [1.82, 2.24) is 4.90 Å². The molecule has 1 aliphatic rings. The van der Waals surface area contributed by atoms with Crippen LogP contribution in [0, 0.1) is 0 Å². The van der Waals surface area contributed by atoms with Crippen molar-refractivity contribution in [3.05, 3.63) is 86.9 Å². The summed E-state index contributed by atoms with van der Waals surface area (Å²) in [6.45, 7) is 2.37. The fourth-order valence-corrected chi connectivity index (χ4v) is 4.49. The summed E-state index contributed by atoms with van der Waals surface area (Å²) in [7, 11) is 1.74. The molecule has 34 heavy (non-hydrogen) atoms. The van der Waals surface area contributed by atoms with Crippen LogP contribution in [-0.4, -0.2) is 40.0 Å². The molecule has 0 saturated carbocycles. The summed E-state index contributed by atoms with van der Waals surface area (Å²) in [4.78, 5) is 29.7. The maximum absolute atomic E-state index is 13.4. The van der Waals surface area contributed by atoms with Gasteiger partial charge in [-0.1, -0.05) is 35.3 Å². The van der Waals surface area contributed by atoms with Gasteiger partial charge in [-0.3, -0.25) is 9.59 Å². The molecule has 1 unspecified atom stereocenters. The van der Waals surface area contributed by atoms with E-state index in [1.165, 1.54) is 6.07 Å². The van der Waals surface area contributed by atoms with Crippen LogP contribution in [0.15, 0.2) is 54.6 Å². The molecular formula is C26H24Cl2N2O4. The van der Waals surface area contributed by atoms with E-state index in [9.17, 15) is 19.8 Å². The van der Waals surface area contributed by atoms with Crippen molar-refractivity contribution < 1.29 is 19.8 Å². The lowest BCUT2D eigenvalue weighted by Gasteiger charge is -2.36. The molecule has 0 aliphatic carbocycles. The third-order valence-electron chi connectivity index (χ3n) is 6.05. The van der Waals surface area contributed by atoms with E-state index in [1.807, 2.05) is 25.1 Å². The average Bonchev–Trinajstić information content (AvgIpc) is 2.81. The maximum Gasteiger partial charge on any atom is 0.262 e. The number of benzene rings is 3. The second-order valence-electron chi connectivity index (χ2n) is 8.51. The van der Waals surface area contributed by atoms with Crippen LogP contribution in [0.5, 0.6) is 11.5 Å². The summed E-state index contributed by atoms with van der Waals surface area (Å²) in [6, 6.07) is 14.9. The Balaban J connectivity index is 1.60. The van der Waals surface area contributed by atoms with E-state index in [4.69, 9.17) is 23.2 Å². The van der Waals surface area contributed by atoms with Crippen LogP contribution >= 0.6 is 23.2 Å². The number of hydrogen-bond acceptors (Lipinski definition) is 4. The van der Waals surface area contributed by atoms with Gasteiger partial charge in [0.25, 0.3) is 11.8 Å². The molecule has 176 valence electrons. The van der Waals surface area contributed by atoms with Crippen LogP contribution in [0.1, 0.15) is 45.2 Å². The highest BCUT2D eigenvalue weighted by Crippen LogP contribution is 2.37. The van der Waals surface area contributed by atoms with Gasteiger partial charge in [-0.05, 0) is 67.3 Å². The number of carbonyl (C=O) groups excluding carboxylic acids is 2. The number of carbonyl (C=O) groups is 2. The Morgan fingerprint density at radius 1 is 1.03 bits per heavy atom. The number of fused-ring (bicyclic) bond motifs is 1. The van der Waals surface area contributed by atoms with Crippen LogP contribution < -0.4 is 4.90 Å². The van der Waals surface area contributed by atoms with Gasteiger partial charge < -0.3 is 20.0 Å². The molecule has 0 radical (unpaired) electrons. The fraction of sp³-hybridized carbons (Fsp3) is 0.231. The molecule has 0 aromatic heterocycles. The number of aryl methyl sites for hydroxylation is 1. The average molecular weight is 499 g/mol. The Morgan fingerprint density at radius 3 is 2.44 bits per heavy atom. The molecule has 1 aliphatic heterocycles. The van der Waals surface area contributed by atoms with E-state index in [0.29, 0.717) is 35.7 Å². The maximum atomic E-state index is 13.4. The van der Waals surface area contributed by atoms with E-state index >= 15 is 0 Å². The van der Waals surface area contributed by atoms with Gasteiger partial charge in [0.05, 0.1) is 10.6 Å². The van der Waals surface area contributed by atoms with Crippen LogP contribution in [0.4, 0.5) is 5.69 Å². The van der Waals surface area contributed by atoms with Crippen molar-refractivity contribution in [2.45, 2.75) is 32.4 Å². The van der Waals surface area contributed by atoms with E-state index in [0.717, 1.165) is 17.2 Å². The van der Waals surface area contributed by atoms with Gasteiger partial charge >= 0.3 is 0 Å². The molecule has 8 heteroatoms. The Morgan fingerprint density at radius 2 is 1.74 bits per heavy atom. The number of aromatic hydroxyl groups is 2. The van der Waals surface area contributed by atoms with Gasteiger partial charge in [0, 0.05) is 42.0 Å². The number of rotatable bonds is 4. The molecule has 2 N–H and O–H groups in total. The molecule has 3 aromatic rings. The second-order valence-corrected chi connectivity index (χ2v) is 9.36. The molecule has 0 bridgehead atoms. The summed E-state index contributed by atoms with van der Waals surface area (Å²) in [5.74, 6) is -1.19. The Hall–Kier alpha value is -3.22. The molecule has 1 atom stereocenters. The molecule has 1 heterocycles. The van der Waals surface area contributed by atoms with E-state index < -0.39 is 5.91 Å². The SMILES string of the molecule is CC1CCc2cc(C(=O)N(C)Cc3ccc(Cl)cc3)ccc2N1C(=O)c1cc(Cl)c(O)cc1O. The van der Waals surface area contributed by atoms with Gasteiger partial charge in [-0.2, -0.15) is 0 Å². The standard InChI is InChI=1S/C26H24Cl2N2O4/c1-15-3-6-17-11-18(25(33)29(2)14-16-4-8-19(27)9-5-16)7-10-22(17)30(15)26(34)20-12-21(28)24(32)13-23(20)31/h4-5,7-13,15,31-32H,3,6,14H2,1-2H3. The van der Waals surface area contributed by atoms with Crippen molar-refractivity contribution >= 4 is 40.7 Å². The number of phenolic OH excluding ortho intramolecular Hbond substituents is 2. The van der Waals surface area contributed by atoms with Gasteiger partial charge in [0.2, 0.25) is 0 Å². The number of phenols is 2. The van der Waals surface area contributed by atoms with Crippen LogP contribution in [0.25, 0.3) is 0 Å². The van der Waals surface area contributed by atoms with Crippen LogP contribution in [-0.2, 0) is 13.0 Å². The zero-order chi connectivity index (χ0) is 24.6. The zero-order valence-electron chi connectivity index (χ0n) is 18.8. The Kier molecular flexibility index (Phi) is 6.73. The fourth-order valence-electron chi connectivity index (χ4n) is 4.20. The predicted octanol–water partition coefficient (Wildman–Crippen LogP) is 5.66. The van der Waals surface area contributed by atoms with E-state index in [1.54, 1.807) is 41.1 Å². The smallest absolute Gasteiger partial charge is 0.262 e. The number of nitrogens with zero attached hydrogens (tertiary/aromatic N) is 2.